The van der Waals surface area contributed by atoms with Crippen molar-refractivity contribution in [3.63, 3.8) is 0 Å². The molecule has 0 aromatic heterocycles. The van der Waals surface area contributed by atoms with Gasteiger partial charge in [0, 0.05) is 0 Å². The van der Waals surface area contributed by atoms with E-state index in [1.54, 1.807) is 0 Å². The molecule has 0 N–H and O–H groups in total. The number of hydrogen-bond acceptors (Lipinski definition) is 0. The van der Waals surface area contributed by atoms with Crippen LogP contribution in [0.25, 0.3) is 0 Å². The van der Waals surface area contributed by atoms with Gasteiger partial charge in [0.15, 0.2) is 0 Å². The van der Waals surface area contributed by atoms with E-state index in [1.165, 1.54) is 78.5 Å². The molecule has 1 saturated carbocycles. The van der Waals surface area contributed by atoms with E-state index < -0.39 is 0 Å². The van der Waals surface area contributed by atoms with E-state index in [-0.39, 0.29) is 0 Å². The summed E-state index contributed by atoms with van der Waals surface area (Å²) in [6, 6.07) is 0. The highest BCUT2D eigenvalue weighted by Gasteiger charge is 2.10. The fourth-order valence-corrected chi connectivity index (χ4v) is 3.19. The second-order valence-electron chi connectivity index (χ2n) is 6.04. The van der Waals surface area contributed by atoms with Crippen molar-refractivity contribution in [3.05, 3.63) is 0 Å². The molecular formula is C13H29B3. The zero-order valence-electron chi connectivity index (χ0n) is 11.6. The van der Waals surface area contributed by atoms with Gasteiger partial charge < -0.3 is 0 Å². The van der Waals surface area contributed by atoms with E-state index in [9.17, 15) is 0 Å². The molecule has 0 heterocycles. The van der Waals surface area contributed by atoms with E-state index in [2.05, 4.69) is 14.7 Å². The van der Waals surface area contributed by atoms with E-state index in [0.29, 0.717) is 0 Å². The zero-order valence-corrected chi connectivity index (χ0v) is 11.6. The van der Waals surface area contributed by atoms with Crippen molar-refractivity contribution < 1.29 is 0 Å². The van der Waals surface area contributed by atoms with Crippen LogP contribution in [0.15, 0.2) is 0 Å². The van der Waals surface area contributed by atoms with Crippen molar-refractivity contribution in [2.24, 2.45) is 0 Å². The Balaban J connectivity index is 2.25. The lowest BCUT2D eigenvalue weighted by Gasteiger charge is -2.17. The standard InChI is InChI=1S/C13H29B3/c1-15-16-13-10-6-2-4-8-12(14)9-5-3-7-11-13/h12-13,15-16H,2-11,14H2,1H3/t12-,13+. The van der Waals surface area contributed by atoms with Crippen molar-refractivity contribution in [1.29, 1.82) is 0 Å². The molecule has 0 radical (unpaired) electrons. The minimum atomic E-state index is 0.992. The van der Waals surface area contributed by atoms with E-state index in [1.807, 2.05) is 0 Å². The van der Waals surface area contributed by atoms with Gasteiger partial charge in [0.05, 0.1) is 14.3 Å². The number of rotatable bonds is 2. The molecule has 0 saturated heterocycles. The van der Waals surface area contributed by atoms with Gasteiger partial charge in [0.1, 0.15) is 7.85 Å². The van der Waals surface area contributed by atoms with Gasteiger partial charge in [-0.25, -0.2) is 0 Å². The Hall–Kier alpha value is 0.195. The third-order valence-corrected chi connectivity index (χ3v) is 4.32. The number of hydrogen-bond donors (Lipinski definition) is 0. The molecule has 90 valence electrons. The molecule has 3 heteroatoms. The van der Waals surface area contributed by atoms with Crippen LogP contribution in [0.1, 0.15) is 64.2 Å². The van der Waals surface area contributed by atoms with Crippen LogP contribution >= 0.6 is 0 Å². The molecule has 1 aliphatic rings. The average Bonchev–Trinajstić information content (AvgIpc) is 2.26. The van der Waals surface area contributed by atoms with E-state index >= 15 is 0 Å². The van der Waals surface area contributed by atoms with Gasteiger partial charge in [-0.1, -0.05) is 82.7 Å². The first-order valence-corrected chi connectivity index (χ1v) is 7.83. The fourth-order valence-electron chi connectivity index (χ4n) is 3.19. The average molecular weight is 218 g/mol. The fraction of sp³-hybridized carbons (Fsp3) is 1.00. The summed E-state index contributed by atoms with van der Waals surface area (Å²) in [5, 5.41) is 0. The largest absolute Gasteiger partial charge is 0.105 e. The van der Waals surface area contributed by atoms with E-state index in [0.717, 1.165) is 11.6 Å². The highest BCUT2D eigenvalue weighted by molar-refractivity contribution is 7.00. The van der Waals surface area contributed by atoms with E-state index in [4.69, 9.17) is 0 Å². The summed E-state index contributed by atoms with van der Waals surface area (Å²) in [6.45, 7) is 2.35. The van der Waals surface area contributed by atoms with Gasteiger partial charge in [0.2, 0.25) is 0 Å². The monoisotopic (exact) mass is 218 g/mol. The minimum Gasteiger partial charge on any atom is -0.0958 e. The first-order valence-electron chi connectivity index (χ1n) is 7.83. The second kappa shape index (κ2) is 9.25. The summed E-state index contributed by atoms with van der Waals surface area (Å²) in [7, 11) is 5.32. The molecule has 0 atom stereocenters. The Morgan fingerprint density at radius 1 is 0.812 bits per heavy atom. The third kappa shape index (κ3) is 6.71. The molecule has 1 rings (SSSR count). The second-order valence-corrected chi connectivity index (χ2v) is 6.04. The van der Waals surface area contributed by atoms with Crippen molar-refractivity contribution in [1.82, 2.24) is 0 Å². The van der Waals surface area contributed by atoms with Gasteiger partial charge in [-0.05, 0) is 0 Å². The predicted octanol–water partition coefficient (Wildman–Crippen LogP) is 2.95. The summed E-state index contributed by atoms with van der Waals surface area (Å²) in [6.07, 6.45) is 14.9. The van der Waals surface area contributed by atoms with Crippen LogP contribution in [-0.4, -0.2) is 22.2 Å². The lowest BCUT2D eigenvalue weighted by Crippen LogP contribution is -2.10. The molecule has 0 bridgehead atoms. The highest BCUT2D eigenvalue weighted by Crippen LogP contribution is 2.26. The first kappa shape index (κ1) is 14.3. The molecule has 0 amide bonds. The summed E-state index contributed by atoms with van der Waals surface area (Å²) in [5.74, 6) is 2.05. The summed E-state index contributed by atoms with van der Waals surface area (Å²) >= 11 is 0. The van der Waals surface area contributed by atoms with Gasteiger partial charge in [0.25, 0.3) is 0 Å². The van der Waals surface area contributed by atoms with Crippen molar-refractivity contribution in [2.45, 2.75) is 82.7 Å². The van der Waals surface area contributed by atoms with Crippen LogP contribution in [-0.2, 0) is 0 Å². The Kier molecular flexibility index (Phi) is 8.24. The van der Waals surface area contributed by atoms with Crippen LogP contribution in [0.2, 0.25) is 18.5 Å². The van der Waals surface area contributed by atoms with Gasteiger partial charge in [-0.15, -0.1) is 0 Å². The van der Waals surface area contributed by atoms with Crippen molar-refractivity contribution in [2.75, 3.05) is 0 Å². The predicted molar refractivity (Wildman–Crippen MR) is 82.4 cm³/mol. The van der Waals surface area contributed by atoms with Crippen LogP contribution in [0.3, 0.4) is 0 Å². The molecule has 0 nitrogen and oxygen atoms in total. The van der Waals surface area contributed by atoms with Crippen molar-refractivity contribution >= 4 is 22.2 Å². The normalized spacial score (nSPS) is 29.8. The van der Waals surface area contributed by atoms with Crippen molar-refractivity contribution in [3.8, 4) is 0 Å². The molecule has 1 fully saturated rings. The summed E-state index contributed by atoms with van der Waals surface area (Å²) in [4.78, 5) is 0. The maximum absolute atomic E-state index is 2.45. The molecule has 0 spiro atoms. The zero-order chi connectivity index (χ0) is 11.6. The molecule has 0 aromatic rings. The molecular weight excluding hydrogens is 189 g/mol. The molecule has 16 heavy (non-hydrogen) atoms. The molecule has 0 aliphatic heterocycles. The topological polar surface area (TPSA) is 0 Å². The molecule has 0 aromatic carbocycles. The summed E-state index contributed by atoms with van der Waals surface area (Å²) in [5.41, 5.74) is 0. The first-order chi connectivity index (χ1) is 7.83. The quantitative estimate of drug-likeness (QED) is 0.624. The lowest BCUT2D eigenvalue weighted by atomic mass is 9.34. The SMILES string of the molecule is B[C@H]1CCCCC[C@@H](BBC)CCCCC1. The van der Waals surface area contributed by atoms with Gasteiger partial charge in [-0.2, -0.15) is 0 Å². The highest BCUT2D eigenvalue weighted by atomic mass is 14.1. The molecule has 0 unspecified atom stereocenters. The van der Waals surface area contributed by atoms with Crippen LogP contribution in [0, 0.1) is 0 Å². The smallest absolute Gasteiger partial charge is 0.0958 e. The maximum Gasteiger partial charge on any atom is 0.105 e. The summed E-state index contributed by atoms with van der Waals surface area (Å²) < 4.78 is 0. The lowest BCUT2D eigenvalue weighted by molar-refractivity contribution is 0.503. The van der Waals surface area contributed by atoms with Crippen LogP contribution in [0.5, 0.6) is 0 Å². The minimum absolute atomic E-state index is 0.992. The van der Waals surface area contributed by atoms with Crippen LogP contribution < -0.4 is 0 Å². The Morgan fingerprint density at radius 3 is 1.81 bits per heavy atom. The third-order valence-electron chi connectivity index (χ3n) is 4.32. The Labute approximate surface area is 105 Å². The van der Waals surface area contributed by atoms with Gasteiger partial charge >= 0.3 is 0 Å². The maximum atomic E-state index is 2.45. The van der Waals surface area contributed by atoms with Crippen LogP contribution in [0.4, 0.5) is 0 Å². The Morgan fingerprint density at radius 2 is 1.31 bits per heavy atom. The Bertz CT molecular complexity index is 147. The molecule has 1 aliphatic carbocycles. The van der Waals surface area contributed by atoms with Gasteiger partial charge in [-0.3, -0.25) is 0 Å².